The van der Waals surface area contributed by atoms with Gasteiger partial charge in [-0.25, -0.2) is 10.2 Å². The standard InChI is InChI=1S/C15H23N5O4/c1-9(2)13(20-17)14(22)18-7-12(21)19-11-5-3-10(4-6-11)8-24-15(16)23/h3-6,9,13,20H,7-8,17H2,1-2H3,(H2,16,23)(H,18,22)(H,19,21). The van der Waals surface area contributed by atoms with Crippen molar-refractivity contribution >= 4 is 23.6 Å². The molecule has 9 nitrogen and oxygen atoms in total. The molecule has 0 aliphatic rings. The fraction of sp³-hybridized carbons (Fsp3) is 0.400. The highest BCUT2D eigenvalue weighted by atomic mass is 16.5. The molecular formula is C15H23N5O4. The molecule has 0 bridgehead atoms. The second-order valence-electron chi connectivity index (χ2n) is 5.46. The molecule has 0 saturated heterocycles. The maximum absolute atomic E-state index is 11.9. The van der Waals surface area contributed by atoms with E-state index in [1.165, 1.54) is 0 Å². The van der Waals surface area contributed by atoms with Crippen LogP contribution in [0.4, 0.5) is 10.5 Å². The highest BCUT2D eigenvalue weighted by molar-refractivity contribution is 5.95. The summed E-state index contributed by atoms with van der Waals surface area (Å²) < 4.78 is 4.65. The molecule has 1 unspecified atom stereocenters. The molecule has 3 amide bonds. The first kappa shape index (κ1) is 19.4. The second-order valence-corrected chi connectivity index (χ2v) is 5.46. The number of amides is 3. The summed E-state index contributed by atoms with van der Waals surface area (Å²) in [5.41, 5.74) is 8.57. The third-order valence-corrected chi connectivity index (χ3v) is 3.17. The van der Waals surface area contributed by atoms with Gasteiger partial charge in [0.2, 0.25) is 11.8 Å². The average molecular weight is 337 g/mol. The van der Waals surface area contributed by atoms with Crippen molar-refractivity contribution in [3.63, 3.8) is 0 Å². The Morgan fingerprint density at radius 1 is 1.17 bits per heavy atom. The molecule has 7 N–H and O–H groups in total. The van der Waals surface area contributed by atoms with Crippen LogP contribution in [0.25, 0.3) is 0 Å². The molecule has 0 aliphatic carbocycles. The predicted molar refractivity (Wildman–Crippen MR) is 88.4 cm³/mol. The number of anilines is 1. The second kappa shape index (κ2) is 9.48. The van der Waals surface area contributed by atoms with Crippen LogP contribution >= 0.6 is 0 Å². The molecule has 0 radical (unpaired) electrons. The van der Waals surface area contributed by atoms with Crippen molar-refractivity contribution in [3.8, 4) is 0 Å². The van der Waals surface area contributed by atoms with Gasteiger partial charge in [-0.05, 0) is 23.6 Å². The van der Waals surface area contributed by atoms with Crippen LogP contribution in [0.1, 0.15) is 19.4 Å². The fourth-order valence-electron chi connectivity index (χ4n) is 1.89. The summed E-state index contributed by atoms with van der Waals surface area (Å²) in [6, 6.07) is 6.10. The Bertz CT molecular complexity index is 574. The summed E-state index contributed by atoms with van der Waals surface area (Å²) in [4.78, 5) is 34.2. The van der Waals surface area contributed by atoms with E-state index in [1.807, 2.05) is 13.8 Å². The van der Waals surface area contributed by atoms with Crippen molar-refractivity contribution in [2.75, 3.05) is 11.9 Å². The zero-order valence-corrected chi connectivity index (χ0v) is 13.7. The summed E-state index contributed by atoms with van der Waals surface area (Å²) in [5, 5.41) is 5.15. The maximum atomic E-state index is 11.9. The highest BCUT2D eigenvalue weighted by Gasteiger charge is 2.20. The quantitative estimate of drug-likeness (QED) is 0.328. The van der Waals surface area contributed by atoms with Gasteiger partial charge in [0.1, 0.15) is 12.6 Å². The van der Waals surface area contributed by atoms with E-state index < -0.39 is 12.1 Å². The zero-order valence-electron chi connectivity index (χ0n) is 13.7. The Balaban J connectivity index is 2.45. The largest absolute Gasteiger partial charge is 0.445 e. The van der Waals surface area contributed by atoms with Crippen LogP contribution in [-0.4, -0.2) is 30.5 Å². The van der Waals surface area contributed by atoms with E-state index in [0.29, 0.717) is 5.69 Å². The summed E-state index contributed by atoms with van der Waals surface area (Å²) in [7, 11) is 0. The Morgan fingerprint density at radius 2 is 1.79 bits per heavy atom. The van der Waals surface area contributed by atoms with Crippen LogP contribution in [0.3, 0.4) is 0 Å². The Morgan fingerprint density at radius 3 is 2.29 bits per heavy atom. The molecule has 0 heterocycles. The van der Waals surface area contributed by atoms with Gasteiger partial charge in [0.05, 0.1) is 6.54 Å². The molecule has 24 heavy (non-hydrogen) atoms. The molecule has 1 aromatic rings. The van der Waals surface area contributed by atoms with Crippen LogP contribution < -0.4 is 27.6 Å². The number of rotatable bonds is 8. The molecule has 9 heteroatoms. The van der Waals surface area contributed by atoms with Gasteiger partial charge in [-0.3, -0.25) is 15.4 Å². The van der Waals surface area contributed by atoms with Crippen molar-refractivity contribution < 1.29 is 19.1 Å². The van der Waals surface area contributed by atoms with Crippen molar-refractivity contribution in [1.29, 1.82) is 0 Å². The third kappa shape index (κ3) is 6.63. The minimum atomic E-state index is -0.852. The first-order valence-electron chi connectivity index (χ1n) is 7.38. The van der Waals surface area contributed by atoms with Gasteiger partial charge in [0.25, 0.3) is 0 Å². The van der Waals surface area contributed by atoms with Gasteiger partial charge in [-0.15, -0.1) is 0 Å². The number of carbonyl (C=O) groups is 3. The lowest BCUT2D eigenvalue weighted by Gasteiger charge is -2.18. The molecule has 0 aliphatic heterocycles. The minimum Gasteiger partial charge on any atom is -0.445 e. The van der Waals surface area contributed by atoms with Crippen LogP contribution in [0.5, 0.6) is 0 Å². The van der Waals surface area contributed by atoms with E-state index in [4.69, 9.17) is 11.6 Å². The lowest BCUT2D eigenvalue weighted by atomic mass is 10.0. The third-order valence-electron chi connectivity index (χ3n) is 3.17. The molecule has 1 aromatic carbocycles. The van der Waals surface area contributed by atoms with Crippen molar-refractivity contribution in [3.05, 3.63) is 29.8 Å². The number of hydrogen-bond donors (Lipinski definition) is 5. The lowest BCUT2D eigenvalue weighted by molar-refractivity contribution is -0.126. The van der Waals surface area contributed by atoms with Gasteiger partial charge in [-0.1, -0.05) is 26.0 Å². The zero-order chi connectivity index (χ0) is 18.1. The smallest absolute Gasteiger partial charge is 0.404 e. The lowest BCUT2D eigenvalue weighted by Crippen LogP contribution is -2.51. The number of benzene rings is 1. The van der Waals surface area contributed by atoms with Gasteiger partial charge >= 0.3 is 6.09 Å². The molecule has 1 rings (SSSR count). The Labute approximate surface area is 140 Å². The number of nitrogens with one attached hydrogen (secondary N) is 3. The number of carbonyl (C=O) groups excluding carboxylic acids is 3. The monoisotopic (exact) mass is 337 g/mol. The number of ether oxygens (including phenoxy) is 1. The Kier molecular flexibility index (Phi) is 7.66. The summed E-state index contributed by atoms with van der Waals surface area (Å²) in [6.45, 7) is 3.57. The van der Waals surface area contributed by atoms with E-state index in [2.05, 4.69) is 20.8 Å². The predicted octanol–water partition coefficient (Wildman–Crippen LogP) is -0.175. The van der Waals surface area contributed by atoms with E-state index in [9.17, 15) is 14.4 Å². The molecule has 0 saturated carbocycles. The van der Waals surface area contributed by atoms with Crippen molar-refractivity contribution in [2.24, 2.45) is 17.5 Å². The first-order valence-corrected chi connectivity index (χ1v) is 7.38. The minimum absolute atomic E-state index is 0.00627. The maximum Gasteiger partial charge on any atom is 0.404 e. The molecular weight excluding hydrogens is 314 g/mol. The van der Waals surface area contributed by atoms with Crippen LogP contribution in [0.15, 0.2) is 24.3 Å². The fourth-order valence-corrected chi connectivity index (χ4v) is 1.89. The summed E-state index contributed by atoms with van der Waals surface area (Å²) >= 11 is 0. The topological polar surface area (TPSA) is 149 Å². The molecule has 0 spiro atoms. The molecule has 0 fully saturated rings. The molecule has 1 atom stereocenters. The summed E-state index contributed by atoms with van der Waals surface area (Å²) in [6.07, 6.45) is -0.852. The Hall–Kier alpha value is -2.65. The number of hydrogen-bond acceptors (Lipinski definition) is 6. The van der Waals surface area contributed by atoms with Gasteiger partial charge in [-0.2, -0.15) is 0 Å². The molecule has 0 aromatic heterocycles. The van der Waals surface area contributed by atoms with E-state index >= 15 is 0 Å². The first-order chi connectivity index (χ1) is 11.3. The van der Waals surface area contributed by atoms with E-state index in [-0.39, 0.29) is 30.9 Å². The van der Waals surface area contributed by atoms with Gasteiger partial charge in [0, 0.05) is 5.69 Å². The van der Waals surface area contributed by atoms with Gasteiger partial charge in [0.15, 0.2) is 0 Å². The summed E-state index contributed by atoms with van der Waals surface area (Å²) in [5.74, 6) is 4.59. The van der Waals surface area contributed by atoms with E-state index in [1.54, 1.807) is 24.3 Å². The number of hydrazine groups is 1. The highest BCUT2D eigenvalue weighted by Crippen LogP contribution is 2.10. The van der Waals surface area contributed by atoms with Crippen molar-refractivity contribution in [1.82, 2.24) is 10.7 Å². The van der Waals surface area contributed by atoms with Crippen molar-refractivity contribution in [2.45, 2.75) is 26.5 Å². The SMILES string of the molecule is CC(C)C(NN)C(=O)NCC(=O)Nc1ccc(COC(N)=O)cc1. The normalized spacial score (nSPS) is 11.7. The van der Waals surface area contributed by atoms with Crippen LogP contribution in [-0.2, 0) is 20.9 Å². The van der Waals surface area contributed by atoms with Gasteiger partial charge < -0.3 is 21.1 Å². The average Bonchev–Trinajstić information content (AvgIpc) is 2.52. The number of primary amides is 1. The van der Waals surface area contributed by atoms with Crippen LogP contribution in [0, 0.1) is 5.92 Å². The molecule has 132 valence electrons. The number of nitrogens with two attached hydrogens (primary N) is 2. The van der Waals surface area contributed by atoms with E-state index in [0.717, 1.165) is 5.56 Å². The van der Waals surface area contributed by atoms with Crippen LogP contribution in [0.2, 0.25) is 0 Å².